The fourth-order valence-electron chi connectivity index (χ4n) is 3.33. The predicted molar refractivity (Wildman–Crippen MR) is 78.9 cm³/mol. The van der Waals surface area contributed by atoms with Crippen molar-refractivity contribution in [2.75, 3.05) is 20.3 Å². The van der Waals surface area contributed by atoms with Crippen molar-refractivity contribution < 1.29 is 4.74 Å². The summed E-state index contributed by atoms with van der Waals surface area (Å²) in [5.74, 6) is 1.58. The maximum atomic E-state index is 5.23. The first-order chi connectivity index (χ1) is 8.50. The summed E-state index contributed by atoms with van der Waals surface area (Å²) in [4.78, 5) is 0. The van der Waals surface area contributed by atoms with E-state index in [0.717, 1.165) is 25.0 Å². The van der Waals surface area contributed by atoms with Gasteiger partial charge in [-0.15, -0.1) is 0 Å². The van der Waals surface area contributed by atoms with E-state index >= 15 is 0 Å². The highest BCUT2D eigenvalue weighted by molar-refractivity contribution is 4.87. The molecule has 0 amide bonds. The van der Waals surface area contributed by atoms with E-state index in [1.54, 1.807) is 7.11 Å². The summed E-state index contributed by atoms with van der Waals surface area (Å²) in [6, 6.07) is 0.682. The molecule has 2 unspecified atom stereocenters. The minimum absolute atomic E-state index is 0.572. The third kappa shape index (κ3) is 4.89. The highest BCUT2D eigenvalue weighted by atomic mass is 16.5. The summed E-state index contributed by atoms with van der Waals surface area (Å²) in [6.07, 6.45) is 6.73. The molecule has 0 radical (unpaired) electrons. The Bertz CT molecular complexity index is 217. The smallest absolute Gasteiger partial charge is 0.0465 e. The fourth-order valence-corrected chi connectivity index (χ4v) is 3.33. The van der Waals surface area contributed by atoms with E-state index in [-0.39, 0.29) is 0 Å². The van der Waals surface area contributed by atoms with Gasteiger partial charge in [-0.25, -0.2) is 0 Å². The second-order valence-corrected chi connectivity index (χ2v) is 6.84. The first-order valence-corrected chi connectivity index (χ1v) is 7.72. The number of hydrogen-bond acceptors (Lipinski definition) is 2. The van der Waals surface area contributed by atoms with Crippen molar-refractivity contribution in [3.63, 3.8) is 0 Å². The minimum Gasteiger partial charge on any atom is -0.385 e. The van der Waals surface area contributed by atoms with E-state index in [9.17, 15) is 0 Å². The molecule has 0 aromatic heterocycles. The maximum absolute atomic E-state index is 5.23. The van der Waals surface area contributed by atoms with Crippen LogP contribution in [0.3, 0.4) is 0 Å². The van der Waals surface area contributed by atoms with E-state index < -0.39 is 0 Å². The third-order valence-corrected chi connectivity index (χ3v) is 4.72. The second kappa shape index (κ2) is 7.49. The third-order valence-electron chi connectivity index (χ3n) is 4.72. The summed E-state index contributed by atoms with van der Waals surface area (Å²) in [7, 11) is 1.80. The van der Waals surface area contributed by atoms with Gasteiger partial charge in [0.15, 0.2) is 0 Å². The van der Waals surface area contributed by atoms with Gasteiger partial charge in [0.05, 0.1) is 0 Å². The Morgan fingerprint density at radius 2 is 1.89 bits per heavy atom. The molecule has 108 valence electrons. The van der Waals surface area contributed by atoms with Crippen molar-refractivity contribution in [3.05, 3.63) is 0 Å². The van der Waals surface area contributed by atoms with Crippen LogP contribution in [0.5, 0.6) is 0 Å². The van der Waals surface area contributed by atoms with Crippen LogP contribution in [0.1, 0.15) is 59.8 Å². The lowest BCUT2D eigenvalue weighted by atomic mass is 9.69. The van der Waals surface area contributed by atoms with E-state index in [4.69, 9.17) is 4.74 Å². The van der Waals surface area contributed by atoms with Crippen LogP contribution in [0.4, 0.5) is 0 Å². The van der Waals surface area contributed by atoms with Crippen LogP contribution in [0.2, 0.25) is 0 Å². The first kappa shape index (κ1) is 16.0. The first-order valence-electron chi connectivity index (χ1n) is 7.72. The number of rotatable bonds is 7. The molecule has 0 aromatic rings. The largest absolute Gasteiger partial charge is 0.385 e. The fraction of sp³-hybridized carbons (Fsp3) is 1.00. The van der Waals surface area contributed by atoms with Crippen LogP contribution in [0.15, 0.2) is 0 Å². The predicted octanol–water partition coefficient (Wildman–Crippen LogP) is 3.85. The molecule has 1 N–H and O–H groups in total. The molecule has 0 aromatic carbocycles. The second-order valence-electron chi connectivity index (χ2n) is 6.84. The van der Waals surface area contributed by atoms with E-state index in [2.05, 4.69) is 33.0 Å². The molecule has 0 saturated heterocycles. The van der Waals surface area contributed by atoms with Crippen molar-refractivity contribution in [2.24, 2.45) is 17.3 Å². The monoisotopic (exact) mass is 255 g/mol. The van der Waals surface area contributed by atoms with Gasteiger partial charge in [-0.05, 0) is 55.9 Å². The normalized spacial score (nSPS) is 23.8. The lowest BCUT2D eigenvalue weighted by molar-refractivity contribution is 0.119. The lowest BCUT2D eigenvalue weighted by Crippen LogP contribution is -2.43. The molecule has 0 aliphatic heterocycles. The summed E-state index contributed by atoms with van der Waals surface area (Å²) in [5.41, 5.74) is 0.572. The molecule has 0 bridgehead atoms. The van der Waals surface area contributed by atoms with Crippen molar-refractivity contribution in [1.29, 1.82) is 0 Å². The Labute approximate surface area is 114 Å². The molecule has 1 aliphatic rings. The average molecular weight is 255 g/mol. The van der Waals surface area contributed by atoms with Gasteiger partial charge in [0.2, 0.25) is 0 Å². The van der Waals surface area contributed by atoms with E-state index in [1.807, 2.05) is 0 Å². The van der Waals surface area contributed by atoms with Crippen molar-refractivity contribution in [3.8, 4) is 0 Å². The number of methoxy groups -OCH3 is 1. The van der Waals surface area contributed by atoms with E-state index in [1.165, 1.54) is 32.1 Å². The molecule has 1 aliphatic carbocycles. The topological polar surface area (TPSA) is 21.3 Å². The summed E-state index contributed by atoms with van der Waals surface area (Å²) >= 11 is 0. The molecule has 1 fully saturated rings. The lowest BCUT2D eigenvalue weighted by Gasteiger charge is -2.40. The van der Waals surface area contributed by atoms with Gasteiger partial charge in [-0.1, -0.05) is 27.7 Å². The molecule has 0 heterocycles. The number of ether oxygens (including phenoxy) is 1. The number of hydrogen-bond donors (Lipinski definition) is 1. The molecule has 0 spiro atoms. The Morgan fingerprint density at radius 3 is 2.39 bits per heavy atom. The van der Waals surface area contributed by atoms with E-state index in [0.29, 0.717) is 11.5 Å². The Morgan fingerprint density at radius 1 is 1.28 bits per heavy atom. The van der Waals surface area contributed by atoms with Gasteiger partial charge < -0.3 is 10.1 Å². The van der Waals surface area contributed by atoms with Gasteiger partial charge in [0, 0.05) is 19.8 Å². The van der Waals surface area contributed by atoms with Crippen LogP contribution in [-0.2, 0) is 4.74 Å². The van der Waals surface area contributed by atoms with Crippen molar-refractivity contribution in [1.82, 2.24) is 5.32 Å². The zero-order valence-electron chi connectivity index (χ0n) is 13.1. The van der Waals surface area contributed by atoms with Gasteiger partial charge in [-0.3, -0.25) is 0 Å². The Kier molecular flexibility index (Phi) is 6.65. The van der Waals surface area contributed by atoms with Gasteiger partial charge in [0.1, 0.15) is 0 Å². The highest BCUT2D eigenvalue weighted by Gasteiger charge is 2.33. The van der Waals surface area contributed by atoms with Crippen molar-refractivity contribution in [2.45, 2.75) is 65.8 Å². The molecular formula is C16H33NO. The number of nitrogens with one attached hydrogen (secondary N) is 1. The summed E-state index contributed by atoms with van der Waals surface area (Å²) in [5, 5.41) is 3.73. The SMILES string of the molecule is CCNC(C(C)CCOC)C1CCC(C)(C)CC1. The molecule has 1 rings (SSSR count). The van der Waals surface area contributed by atoms with Gasteiger partial charge >= 0.3 is 0 Å². The van der Waals surface area contributed by atoms with Crippen LogP contribution >= 0.6 is 0 Å². The molecule has 18 heavy (non-hydrogen) atoms. The average Bonchev–Trinajstić information content (AvgIpc) is 2.33. The summed E-state index contributed by atoms with van der Waals surface area (Å²) < 4.78 is 5.23. The Hall–Kier alpha value is -0.0800. The summed E-state index contributed by atoms with van der Waals surface area (Å²) in [6.45, 7) is 11.4. The standard InChI is InChI=1S/C16H33NO/c1-6-17-15(13(2)9-12-18-5)14-7-10-16(3,4)11-8-14/h13-15,17H,6-12H2,1-5H3. The van der Waals surface area contributed by atoms with Gasteiger partial charge in [-0.2, -0.15) is 0 Å². The molecule has 2 heteroatoms. The van der Waals surface area contributed by atoms with Crippen LogP contribution < -0.4 is 5.32 Å². The molecule has 2 nitrogen and oxygen atoms in total. The van der Waals surface area contributed by atoms with Crippen LogP contribution in [0.25, 0.3) is 0 Å². The van der Waals surface area contributed by atoms with Crippen LogP contribution in [-0.4, -0.2) is 26.3 Å². The van der Waals surface area contributed by atoms with Crippen LogP contribution in [0, 0.1) is 17.3 Å². The molecule has 1 saturated carbocycles. The highest BCUT2D eigenvalue weighted by Crippen LogP contribution is 2.40. The maximum Gasteiger partial charge on any atom is 0.0465 e. The zero-order chi connectivity index (χ0) is 13.6. The quantitative estimate of drug-likeness (QED) is 0.746. The zero-order valence-corrected chi connectivity index (χ0v) is 13.1. The van der Waals surface area contributed by atoms with Crippen molar-refractivity contribution >= 4 is 0 Å². The molecule has 2 atom stereocenters. The van der Waals surface area contributed by atoms with Gasteiger partial charge in [0.25, 0.3) is 0 Å². The minimum atomic E-state index is 0.572. The molecular weight excluding hydrogens is 222 g/mol. The Balaban J connectivity index is 2.51.